The fourth-order valence-electron chi connectivity index (χ4n) is 11.8. The van der Waals surface area contributed by atoms with Crippen molar-refractivity contribution in [3.05, 3.63) is 117 Å². The zero-order chi connectivity index (χ0) is 35.5. The Kier molecular flexibility index (Phi) is 5.67. The van der Waals surface area contributed by atoms with Gasteiger partial charge >= 0.3 is 0 Å². The maximum Gasteiger partial charge on any atom is 0.261 e. The summed E-state index contributed by atoms with van der Waals surface area (Å²) in [5.41, 5.74) is 5.22. The summed E-state index contributed by atoms with van der Waals surface area (Å²) in [6.07, 6.45) is 2.61. The number of benzene rings is 6. The third-order valence-corrected chi connectivity index (χ3v) is 13.9. The van der Waals surface area contributed by atoms with Gasteiger partial charge in [0.2, 0.25) is 5.91 Å². The second kappa shape index (κ2) is 9.49. The topological polar surface area (TPSA) is 74.8 Å². The van der Waals surface area contributed by atoms with Crippen LogP contribution >= 0.6 is 0 Å². The minimum absolute atomic E-state index is 0.155. The number of amides is 4. The van der Waals surface area contributed by atoms with Crippen LogP contribution < -0.4 is 0 Å². The van der Waals surface area contributed by atoms with E-state index in [-0.39, 0.29) is 23.6 Å². The highest BCUT2D eigenvalue weighted by molar-refractivity contribution is 6.32. The zero-order valence-corrected chi connectivity index (χ0v) is 29.8. The fourth-order valence-corrected chi connectivity index (χ4v) is 11.8. The monoisotopic (exact) mass is 670 g/mol. The highest BCUT2D eigenvalue weighted by atomic mass is 16.2. The van der Waals surface area contributed by atoms with Gasteiger partial charge in [0.1, 0.15) is 0 Å². The maximum absolute atomic E-state index is 14.9. The Hall–Kier alpha value is -5.36. The molecule has 2 unspecified atom stereocenters. The van der Waals surface area contributed by atoms with E-state index in [0.717, 1.165) is 72.6 Å². The third kappa shape index (κ3) is 2.89. The minimum Gasteiger partial charge on any atom is -0.281 e. The number of hydrogen-bond acceptors (Lipinski definition) is 4. The second-order valence-electron chi connectivity index (χ2n) is 15.1. The summed E-state index contributed by atoms with van der Waals surface area (Å²) in [5.74, 6) is -0.976. The molecule has 10 rings (SSSR count). The molecule has 0 spiro atoms. The molecule has 0 aromatic heterocycles. The van der Waals surface area contributed by atoms with Crippen LogP contribution in [0, 0.1) is 0 Å². The first kappa shape index (κ1) is 30.5. The molecule has 0 bridgehead atoms. The smallest absolute Gasteiger partial charge is 0.261 e. The first-order valence-corrected chi connectivity index (χ1v) is 18.3. The first-order chi connectivity index (χ1) is 24.6. The molecule has 0 fully saturated rings. The van der Waals surface area contributed by atoms with Crippen LogP contribution in [0.15, 0.2) is 72.8 Å². The van der Waals surface area contributed by atoms with E-state index in [9.17, 15) is 19.2 Å². The first-order valence-electron chi connectivity index (χ1n) is 18.3. The summed E-state index contributed by atoms with van der Waals surface area (Å²) in [7, 11) is 3.21. The molecule has 0 N–H and O–H groups in total. The van der Waals surface area contributed by atoms with Crippen LogP contribution in [-0.4, -0.2) is 47.5 Å². The highest BCUT2D eigenvalue weighted by Gasteiger charge is 2.65. The average Bonchev–Trinajstić information content (AvgIpc) is 3.56. The lowest BCUT2D eigenvalue weighted by atomic mass is 9.57. The molecule has 2 heterocycles. The zero-order valence-electron chi connectivity index (χ0n) is 29.8. The summed E-state index contributed by atoms with van der Waals surface area (Å²) in [5, 5.41) is 7.75. The molecule has 6 aromatic rings. The van der Waals surface area contributed by atoms with E-state index in [4.69, 9.17) is 0 Å². The third-order valence-electron chi connectivity index (χ3n) is 13.9. The Bertz CT molecular complexity index is 2640. The molecule has 51 heavy (non-hydrogen) atoms. The maximum atomic E-state index is 14.9. The molecule has 4 amide bonds. The molecule has 2 aliphatic heterocycles. The number of rotatable bonds is 4. The van der Waals surface area contributed by atoms with Gasteiger partial charge in [-0.15, -0.1) is 0 Å². The van der Waals surface area contributed by atoms with Gasteiger partial charge in [0.25, 0.3) is 17.7 Å². The summed E-state index contributed by atoms with van der Waals surface area (Å²) >= 11 is 0. The number of carbonyl (C=O) groups is 4. The second-order valence-corrected chi connectivity index (χ2v) is 15.1. The fraction of sp³-hybridized carbons (Fsp3) is 0.289. The van der Waals surface area contributed by atoms with Crippen molar-refractivity contribution in [2.24, 2.45) is 0 Å². The number of nitrogens with zero attached hydrogens (tertiary/aromatic N) is 2. The van der Waals surface area contributed by atoms with Crippen molar-refractivity contribution in [3.8, 4) is 0 Å². The number of hydrogen-bond donors (Lipinski definition) is 0. The number of carbonyl (C=O) groups excluding carboxylic acids is 4. The van der Waals surface area contributed by atoms with Crippen LogP contribution in [0.1, 0.15) is 112 Å². The predicted molar refractivity (Wildman–Crippen MR) is 201 cm³/mol. The molecule has 2 aliphatic carbocycles. The molecule has 2 atom stereocenters. The van der Waals surface area contributed by atoms with Crippen molar-refractivity contribution in [1.29, 1.82) is 0 Å². The lowest BCUT2D eigenvalue weighted by Crippen LogP contribution is -2.46. The van der Waals surface area contributed by atoms with Crippen molar-refractivity contribution < 1.29 is 19.2 Å². The van der Waals surface area contributed by atoms with Crippen LogP contribution in [0.3, 0.4) is 0 Å². The summed E-state index contributed by atoms with van der Waals surface area (Å²) < 4.78 is 0. The average molecular weight is 671 g/mol. The van der Waals surface area contributed by atoms with E-state index in [1.807, 2.05) is 18.2 Å². The normalized spacial score (nSPS) is 22.6. The van der Waals surface area contributed by atoms with E-state index >= 15 is 0 Å². The van der Waals surface area contributed by atoms with E-state index in [0.29, 0.717) is 29.5 Å². The molecule has 6 heteroatoms. The van der Waals surface area contributed by atoms with Crippen molar-refractivity contribution in [3.63, 3.8) is 0 Å². The van der Waals surface area contributed by atoms with Gasteiger partial charge in [0.05, 0.1) is 11.0 Å². The Morgan fingerprint density at radius 2 is 0.941 bits per heavy atom. The molecular weight excluding hydrogens is 633 g/mol. The summed E-state index contributed by atoms with van der Waals surface area (Å²) in [6.45, 7) is 8.68. The molecule has 6 nitrogen and oxygen atoms in total. The number of fused-ring (bicyclic) bond motifs is 11. The highest BCUT2D eigenvalue weighted by Crippen LogP contribution is 2.72. The van der Waals surface area contributed by atoms with Gasteiger partial charge in [-0.1, -0.05) is 88.4 Å². The lowest BCUT2D eigenvalue weighted by Gasteiger charge is -2.44. The Balaban J connectivity index is 1.55. The van der Waals surface area contributed by atoms with Gasteiger partial charge in [0, 0.05) is 46.8 Å². The van der Waals surface area contributed by atoms with Crippen LogP contribution in [0.5, 0.6) is 0 Å². The van der Waals surface area contributed by atoms with Crippen LogP contribution in [0.2, 0.25) is 0 Å². The predicted octanol–water partition coefficient (Wildman–Crippen LogP) is 8.91. The van der Waals surface area contributed by atoms with Gasteiger partial charge in [-0.25, -0.2) is 0 Å². The van der Waals surface area contributed by atoms with Crippen molar-refractivity contribution >= 4 is 66.7 Å². The van der Waals surface area contributed by atoms with Gasteiger partial charge < -0.3 is 0 Å². The SMILES string of the molecule is CCC1(CC)C(=O)N(C)C(=O)c2c3ccccc3c3c4c(c5ccccc5c1c24)C1(CC)c2ccc4c5c(ccc(c25)C31CC)C(=O)N(C)C4=O. The van der Waals surface area contributed by atoms with Gasteiger partial charge in [-0.3, -0.25) is 29.0 Å². The minimum atomic E-state index is -0.907. The van der Waals surface area contributed by atoms with Crippen molar-refractivity contribution in [1.82, 2.24) is 9.80 Å². The number of imide groups is 2. The van der Waals surface area contributed by atoms with E-state index < -0.39 is 16.2 Å². The quantitative estimate of drug-likeness (QED) is 0.139. The summed E-state index contributed by atoms with van der Waals surface area (Å²) in [4.78, 5) is 59.6. The van der Waals surface area contributed by atoms with Gasteiger partial charge in [0.15, 0.2) is 0 Å². The van der Waals surface area contributed by atoms with Crippen molar-refractivity contribution in [2.75, 3.05) is 14.1 Å². The van der Waals surface area contributed by atoms with E-state index in [2.05, 4.69) is 82.3 Å². The Morgan fingerprint density at radius 3 is 1.43 bits per heavy atom. The molecule has 6 aromatic carbocycles. The standard InChI is InChI=1S/C45H38N2O4/c1-7-43(8-2)36-25-17-13-14-18-26(25)38-35-34(36)32(41(50)47(6)42(43)51)23-15-11-12-16-24(23)37(35)44(9-3)29-21-19-27-31-28(40(49)46(5)39(27)48)20-22-30(33(29)31)45(38,44)10-4/h11-22H,7-10H2,1-6H3. The molecule has 0 radical (unpaired) electrons. The van der Waals surface area contributed by atoms with E-state index in [1.54, 1.807) is 14.1 Å². The molecule has 4 aliphatic rings. The Morgan fingerprint density at radius 1 is 0.471 bits per heavy atom. The van der Waals surface area contributed by atoms with E-state index in [1.165, 1.54) is 20.9 Å². The lowest BCUT2D eigenvalue weighted by molar-refractivity contribution is -0.133. The van der Waals surface area contributed by atoms with Gasteiger partial charge in [-0.05, 0) is 98.0 Å². The molecule has 252 valence electrons. The van der Waals surface area contributed by atoms with Gasteiger partial charge in [-0.2, -0.15) is 0 Å². The van der Waals surface area contributed by atoms with Crippen molar-refractivity contribution in [2.45, 2.75) is 69.6 Å². The van der Waals surface area contributed by atoms with Crippen LogP contribution in [0.25, 0.3) is 43.1 Å². The largest absolute Gasteiger partial charge is 0.281 e. The van der Waals surface area contributed by atoms with Crippen LogP contribution in [0.4, 0.5) is 0 Å². The van der Waals surface area contributed by atoms with Crippen LogP contribution in [-0.2, 0) is 21.0 Å². The Labute approximate surface area is 296 Å². The summed E-state index contributed by atoms with van der Waals surface area (Å²) in [6, 6.07) is 24.9. The number of likely N-dealkylation sites (N-methyl/N-ethyl adjacent to an activating group) is 1. The molecule has 0 saturated carbocycles. The molecule has 0 saturated heterocycles. The molecular formula is C45H38N2O4.